The number of thioether (sulfide) groups is 1. The lowest BCUT2D eigenvalue weighted by atomic mass is 10.1. The predicted octanol–water partition coefficient (Wildman–Crippen LogP) is 5.53. The van der Waals surface area contributed by atoms with Crippen molar-refractivity contribution in [1.82, 2.24) is 19.6 Å². The highest BCUT2D eigenvalue weighted by atomic mass is 32.2. The van der Waals surface area contributed by atoms with Crippen molar-refractivity contribution in [2.24, 2.45) is 0 Å². The van der Waals surface area contributed by atoms with E-state index in [0.717, 1.165) is 31.0 Å². The molecule has 1 saturated heterocycles. The number of benzene rings is 2. The zero-order valence-corrected chi connectivity index (χ0v) is 20.3. The highest BCUT2D eigenvalue weighted by molar-refractivity contribution is 7.98. The summed E-state index contributed by atoms with van der Waals surface area (Å²) in [6.45, 7) is 3.30. The van der Waals surface area contributed by atoms with Crippen LogP contribution in [0.4, 0.5) is 27.5 Å². The van der Waals surface area contributed by atoms with Gasteiger partial charge in [-0.05, 0) is 85.6 Å². The van der Waals surface area contributed by atoms with Crippen molar-refractivity contribution in [3.05, 3.63) is 66.6 Å². The minimum absolute atomic E-state index is 0.268. The Morgan fingerprint density at radius 1 is 0.970 bits per heavy atom. The Morgan fingerprint density at radius 3 is 2.39 bits per heavy atom. The van der Waals surface area contributed by atoms with Crippen LogP contribution in [0.5, 0.6) is 0 Å². The molecule has 0 aliphatic carbocycles. The minimum atomic E-state index is -0.268. The number of hydrogen-bond donors (Lipinski definition) is 3. The SMILES string of the molecule is CSCCNC1CCN(Sc2ccc(Nc3nccc(Nc4ccc(F)cc4)n3)cc2)CC1. The topological polar surface area (TPSA) is 65.1 Å². The Bertz CT molecular complexity index is 995. The molecular formula is C24H29FN6S2. The first-order valence-electron chi connectivity index (χ1n) is 11.1. The molecule has 9 heteroatoms. The average molecular weight is 485 g/mol. The van der Waals surface area contributed by atoms with E-state index in [0.29, 0.717) is 17.8 Å². The number of aromatic nitrogens is 2. The molecule has 0 saturated carbocycles. The number of rotatable bonds is 10. The van der Waals surface area contributed by atoms with Crippen LogP contribution in [0.3, 0.4) is 0 Å². The molecule has 1 aromatic heterocycles. The van der Waals surface area contributed by atoms with Gasteiger partial charge in [-0.15, -0.1) is 0 Å². The molecule has 0 spiro atoms. The summed E-state index contributed by atoms with van der Waals surface area (Å²) in [6.07, 6.45) is 6.23. The zero-order valence-electron chi connectivity index (χ0n) is 18.6. The van der Waals surface area contributed by atoms with E-state index in [1.54, 1.807) is 24.4 Å². The monoisotopic (exact) mass is 484 g/mol. The molecule has 2 aromatic carbocycles. The number of nitrogens with one attached hydrogen (secondary N) is 3. The Hall–Kier alpha value is -2.33. The van der Waals surface area contributed by atoms with E-state index in [-0.39, 0.29) is 5.82 Å². The molecule has 0 unspecified atom stereocenters. The molecule has 1 fully saturated rings. The van der Waals surface area contributed by atoms with Crippen LogP contribution in [0.15, 0.2) is 65.7 Å². The van der Waals surface area contributed by atoms with Crippen molar-refractivity contribution in [3.63, 3.8) is 0 Å². The maximum atomic E-state index is 13.1. The quantitative estimate of drug-likeness (QED) is 0.257. The van der Waals surface area contributed by atoms with E-state index in [1.165, 1.54) is 35.6 Å². The van der Waals surface area contributed by atoms with E-state index in [9.17, 15) is 4.39 Å². The summed E-state index contributed by atoms with van der Waals surface area (Å²) in [5, 5.41) is 10.1. The first-order chi connectivity index (χ1) is 16.2. The van der Waals surface area contributed by atoms with Crippen LogP contribution in [-0.2, 0) is 0 Å². The van der Waals surface area contributed by atoms with Crippen LogP contribution in [-0.4, -0.2) is 52.0 Å². The molecule has 3 N–H and O–H groups in total. The summed E-state index contributed by atoms with van der Waals surface area (Å²) in [5.41, 5.74) is 1.69. The van der Waals surface area contributed by atoms with Crippen LogP contribution < -0.4 is 16.0 Å². The lowest BCUT2D eigenvalue weighted by Crippen LogP contribution is -2.40. The molecule has 6 nitrogen and oxygen atoms in total. The highest BCUT2D eigenvalue weighted by Crippen LogP contribution is 2.28. The summed E-state index contributed by atoms with van der Waals surface area (Å²) in [5.74, 6) is 2.04. The lowest BCUT2D eigenvalue weighted by Gasteiger charge is -2.31. The van der Waals surface area contributed by atoms with Gasteiger partial charge >= 0.3 is 0 Å². The fraction of sp³-hybridized carbons (Fsp3) is 0.333. The second kappa shape index (κ2) is 12.2. The summed E-state index contributed by atoms with van der Waals surface area (Å²) in [7, 11) is 0. The number of nitrogens with zero attached hydrogens (tertiary/aromatic N) is 3. The van der Waals surface area contributed by atoms with Crippen molar-refractivity contribution in [2.45, 2.75) is 23.8 Å². The van der Waals surface area contributed by atoms with Crippen LogP contribution >= 0.6 is 23.7 Å². The van der Waals surface area contributed by atoms with Crippen molar-refractivity contribution < 1.29 is 4.39 Å². The fourth-order valence-corrected chi connectivity index (χ4v) is 4.83. The van der Waals surface area contributed by atoms with Crippen LogP contribution in [0.25, 0.3) is 0 Å². The molecule has 33 heavy (non-hydrogen) atoms. The Balaban J connectivity index is 1.26. The summed E-state index contributed by atoms with van der Waals surface area (Å²) in [4.78, 5) is 10.0. The van der Waals surface area contributed by atoms with Gasteiger partial charge in [-0.2, -0.15) is 16.7 Å². The van der Waals surface area contributed by atoms with Crippen molar-refractivity contribution in [1.29, 1.82) is 0 Å². The molecular weight excluding hydrogens is 455 g/mol. The standard InChI is InChI=1S/C24H29FN6S2/c1-32-17-14-26-19-11-15-31(16-12-19)33-22-8-6-21(7-9-22)29-24-27-13-10-23(30-24)28-20-4-2-18(25)3-5-20/h2-10,13,19,26H,11-12,14-17H2,1H3,(H2,27,28,29,30). The van der Waals surface area contributed by atoms with E-state index in [4.69, 9.17) is 0 Å². The molecule has 0 radical (unpaired) electrons. The van der Waals surface area contributed by atoms with Crippen molar-refractivity contribution in [3.8, 4) is 0 Å². The van der Waals surface area contributed by atoms with E-state index in [1.807, 2.05) is 35.8 Å². The second-order valence-corrected chi connectivity index (χ2v) is 9.94. The summed E-state index contributed by atoms with van der Waals surface area (Å²) >= 11 is 3.71. The third-order valence-corrected chi connectivity index (χ3v) is 7.03. The van der Waals surface area contributed by atoms with Crippen LogP contribution in [0.1, 0.15) is 12.8 Å². The van der Waals surface area contributed by atoms with Gasteiger partial charge in [-0.25, -0.2) is 13.7 Å². The number of hydrogen-bond acceptors (Lipinski definition) is 8. The molecule has 3 aromatic rings. The van der Waals surface area contributed by atoms with Gasteiger partial charge in [0.15, 0.2) is 0 Å². The molecule has 1 aliphatic heterocycles. The van der Waals surface area contributed by atoms with Crippen molar-refractivity contribution >= 4 is 46.9 Å². The van der Waals surface area contributed by atoms with E-state index in [2.05, 4.69) is 48.6 Å². The molecule has 0 amide bonds. The normalized spacial score (nSPS) is 14.8. The summed E-state index contributed by atoms with van der Waals surface area (Å²) < 4.78 is 15.5. The van der Waals surface area contributed by atoms with Gasteiger partial charge in [0.2, 0.25) is 5.95 Å². The van der Waals surface area contributed by atoms with Gasteiger partial charge in [0.1, 0.15) is 11.6 Å². The first-order valence-corrected chi connectivity index (χ1v) is 13.2. The molecule has 174 valence electrons. The maximum Gasteiger partial charge on any atom is 0.229 e. The molecule has 2 heterocycles. The highest BCUT2D eigenvalue weighted by Gasteiger charge is 2.19. The van der Waals surface area contributed by atoms with Crippen molar-refractivity contribution in [2.75, 3.05) is 42.3 Å². The lowest BCUT2D eigenvalue weighted by molar-refractivity contribution is 0.312. The fourth-order valence-electron chi connectivity index (χ4n) is 3.56. The molecule has 4 rings (SSSR count). The van der Waals surface area contributed by atoms with E-state index >= 15 is 0 Å². The van der Waals surface area contributed by atoms with Crippen LogP contribution in [0.2, 0.25) is 0 Å². The minimum Gasteiger partial charge on any atom is -0.340 e. The van der Waals surface area contributed by atoms with Gasteiger partial charge in [0, 0.05) is 53.9 Å². The zero-order chi connectivity index (χ0) is 22.9. The second-order valence-electron chi connectivity index (χ2n) is 7.79. The maximum absolute atomic E-state index is 13.1. The molecule has 1 aliphatic rings. The van der Waals surface area contributed by atoms with Gasteiger partial charge in [0.05, 0.1) is 0 Å². The third-order valence-electron chi connectivity index (χ3n) is 5.31. The average Bonchev–Trinajstić information content (AvgIpc) is 2.83. The Morgan fingerprint density at radius 2 is 1.67 bits per heavy atom. The van der Waals surface area contributed by atoms with Crippen LogP contribution in [0, 0.1) is 5.82 Å². The van der Waals surface area contributed by atoms with Gasteiger partial charge < -0.3 is 16.0 Å². The number of halogens is 1. The Kier molecular flexibility index (Phi) is 8.82. The van der Waals surface area contributed by atoms with E-state index < -0.39 is 0 Å². The Labute approximate surface area is 203 Å². The summed E-state index contributed by atoms with van der Waals surface area (Å²) in [6, 6.07) is 16.9. The smallest absolute Gasteiger partial charge is 0.229 e. The predicted molar refractivity (Wildman–Crippen MR) is 138 cm³/mol. The largest absolute Gasteiger partial charge is 0.340 e. The molecule has 0 bridgehead atoms. The van der Waals surface area contributed by atoms with Gasteiger partial charge in [-0.1, -0.05) is 0 Å². The van der Waals surface area contributed by atoms with Gasteiger partial charge in [0.25, 0.3) is 0 Å². The molecule has 0 atom stereocenters. The van der Waals surface area contributed by atoms with Gasteiger partial charge in [-0.3, -0.25) is 0 Å². The number of anilines is 4. The third kappa shape index (κ3) is 7.60. The number of piperidine rings is 1. The first kappa shape index (κ1) is 23.8.